The Kier molecular flexibility index (Phi) is 6.86. The minimum atomic E-state index is 0.534. The zero-order chi connectivity index (χ0) is 12.5. The van der Waals surface area contributed by atoms with Crippen LogP contribution < -0.4 is 10.6 Å². The van der Waals surface area contributed by atoms with E-state index in [4.69, 9.17) is 0 Å². The Morgan fingerprint density at radius 3 is 2.88 bits per heavy atom. The second-order valence-electron chi connectivity index (χ2n) is 4.06. The van der Waals surface area contributed by atoms with E-state index in [2.05, 4.69) is 41.8 Å². The zero-order valence-electron chi connectivity index (χ0n) is 11.0. The van der Waals surface area contributed by atoms with Crippen molar-refractivity contribution in [2.24, 2.45) is 0 Å². The van der Waals surface area contributed by atoms with E-state index in [0.717, 1.165) is 36.6 Å². The third-order valence-corrected chi connectivity index (χ3v) is 3.28. The predicted octanol–water partition coefficient (Wildman–Crippen LogP) is 3.46. The first-order valence-corrected chi connectivity index (χ1v) is 7.64. The van der Waals surface area contributed by atoms with Crippen LogP contribution in [0, 0.1) is 0 Å². The van der Waals surface area contributed by atoms with Crippen molar-refractivity contribution in [2.75, 3.05) is 29.2 Å². The monoisotopic (exact) mass is 253 g/mol. The summed E-state index contributed by atoms with van der Waals surface area (Å²) in [6.45, 7) is 5.34. The lowest BCUT2D eigenvalue weighted by molar-refractivity contribution is 0.775. The molecule has 1 heterocycles. The molecule has 0 amide bonds. The summed E-state index contributed by atoms with van der Waals surface area (Å²) in [5, 5.41) is 6.85. The number of hydrogen-bond acceptors (Lipinski definition) is 4. The van der Waals surface area contributed by atoms with Gasteiger partial charge in [-0.1, -0.05) is 13.8 Å². The average Bonchev–Trinajstić information content (AvgIpc) is 2.36. The lowest BCUT2D eigenvalue weighted by atomic mass is 10.2. The summed E-state index contributed by atoms with van der Waals surface area (Å²) in [5.74, 6) is 2.09. The molecule has 4 heteroatoms. The van der Waals surface area contributed by atoms with Gasteiger partial charge in [0, 0.05) is 36.3 Å². The van der Waals surface area contributed by atoms with Crippen LogP contribution in [0.15, 0.2) is 18.3 Å². The maximum absolute atomic E-state index is 4.30. The van der Waals surface area contributed by atoms with Crippen molar-refractivity contribution in [3.05, 3.63) is 18.3 Å². The van der Waals surface area contributed by atoms with Crippen molar-refractivity contribution in [3.8, 4) is 0 Å². The summed E-state index contributed by atoms with van der Waals surface area (Å²) in [6, 6.07) is 4.64. The van der Waals surface area contributed by atoms with E-state index >= 15 is 0 Å². The van der Waals surface area contributed by atoms with Crippen LogP contribution in [-0.2, 0) is 0 Å². The first kappa shape index (κ1) is 14.2. The molecule has 0 aromatic carbocycles. The summed E-state index contributed by atoms with van der Waals surface area (Å²) in [7, 11) is 0. The summed E-state index contributed by atoms with van der Waals surface area (Å²) in [5.41, 5.74) is 1.15. The highest BCUT2D eigenvalue weighted by atomic mass is 32.2. The SMILES string of the molecule is CCCNc1cc(NC(CC)CSC)ccn1. The van der Waals surface area contributed by atoms with Gasteiger partial charge in [-0.15, -0.1) is 0 Å². The van der Waals surface area contributed by atoms with Gasteiger partial charge < -0.3 is 10.6 Å². The highest BCUT2D eigenvalue weighted by Crippen LogP contribution is 2.15. The Balaban J connectivity index is 2.57. The molecule has 1 rings (SSSR count). The van der Waals surface area contributed by atoms with Crippen LogP contribution >= 0.6 is 11.8 Å². The molecule has 0 spiro atoms. The number of nitrogens with zero attached hydrogens (tertiary/aromatic N) is 1. The van der Waals surface area contributed by atoms with Gasteiger partial charge in [-0.3, -0.25) is 0 Å². The third kappa shape index (κ3) is 5.31. The fourth-order valence-corrected chi connectivity index (χ4v) is 2.29. The molecule has 1 unspecified atom stereocenters. The van der Waals surface area contributed by atoms with Crippen LogP contribution in [0.25, 0.3) is 0 Å². The molecule has 1 aromatic rings. The molecule has 0 saturated carbocycles. The van der Waals surface area contributed by atoms with Crippen LogP contribution in [0.2, 0.25) is 0 Å². The van der Waals surface area contributed by atoms with Crippen LogP contribution in [0.5, 0.6) is 0 Å². The molecule has 0 radical (unpaired) electrons. The topological polar surface area (TPSA) is 37.0 Å². The maximum Gasteiger partial charge on any atom is 0.127 e. The first-order chi connectivity index (χ1) is 8.30. The highest BCUT2D eigenvalue weighted by Gasteiger charge is 2.05. The molecule has 3 nitrogen and oxygen atoms in total. The fourth-order valence-electron chi connectivity index (χ4n) is 1.57. The molecule has 96 valence electrons. The molecular formula is C13H23N3S. The normalized spacial score (nSPS) is 12.2. The van der Waals surface area contributed by atoms with Gasteiger partial charge in [0.1, 0.15) is 5.82 Å². The summed E-state index contributed by atoms with van der Waals surface area (Å²) >= 11 is 1.88. The number of aromatic nitrogens is 1. The molecule has 1 aromatic heterocycles. The summed E-state index contributed by atoms with van der Waals surface area (Å²) < 4.78 is 0. The zero-order valence-corrected chi connectivity index (χ0v) is 11.8. The van der Waals surface area contributed by atoms with Crippen LogP contribution in [0.3, 0.4) is 0 Å². The minimum absolute atomic E-state index is 0.534. The van der Waals surface area contributed by atoms with Crippen LogP contribution in [-0.4, -0.2) is 29.6 Å². The van der Waals surface area contributed by atoms with Gasteiger partial charge in [-0.2, -0.15) is 11.8 Å². The van der Waals surface area contributed by atoms with Gasteiger partial charge in [0.15, 0.2) is 0 Å². The third-order valence-electron chi connectivity index (χ3n) is 2.55. The molecule has 1 atom stereocenters. The van der Waals surface area contributed by atoms with E-state index in [1.165, 1.54) is 0 Å². The van der Waals surface area contributed by atoms with Gasteiger partial charge in [0.2, 0.25) is 0 Å². The van der Waals surface area contributed by atoms with E-state index in [1.54, 1.807) is 0 Å². The Bertz CT molecular complexity index is 317. The first-order valence-electron chi connectivity index (χ1n) is 6.25. The number of pyridine rings is 1. The molecule has 0 aliphatic heterocycles. The van der Waals surface area contributed by atoms with E-state index in [-0.39, 0.29) is 0 Å². The van der Waals surface area contributed by atoms with Gasteiger partial charge >= 0.3 is 0 Å². The molecule has 2 N–H and O–H groups in total. The molecule has 0 aliphatic carbocycles. The smallest absolute Gasteiger partial charge is 0.127 e. The largest absolute Gasteiger partial charge is 0.381 e. The van der Waals surface area contributed by atoms with Gasteiger partial charge in [-0.25, -0.2) is 4.98 Å². The van der Waals surface area contributed by atoms with Crippen molar-refractivity contribution < 1.29 is 0 Å². The lowest BCUT2D eigenvalue weighted by Gasteiger charge is -2.17. The van der Waals surface area contributed by atoms with Crippen LogP contribution in [0.4, 0.5) is 11.5 Å². The highest BCUT2D eigenvalue weighted by molar-refractivity contribution is 7.98. The van der Waals surface area contributed by atoms with E-state index in [0.29, 0.717) is 6.04 Å². The van der Waals surface area contributed by atoms with E-state index < -0.39 is 0 Å². The molecule has 0 fully saturated rings. The molecular weight excluding hydrogens is 230 g/mol. The van der Waals surface area contributed by atoms with Crippen molar-refractivity contribution in [1.82, 2.24) is 4.98 Å². The molecule has 17 heavy (non-hydrogen) atoms. The molecule has 0 aliphatic rings. The number of nitrogens with one attached hydrogen (secondary N) is 2. The second-order valence-corrected chi connectivity index (χ2v) is 4.97. The van der Waals surface area contributed by atoms with Crippen molar-refractivity contribution in [1.29, 1.82) is 0 Å². The summed E-state index contributed by atoms with van der Waals surface area (Å²) in [6.07, 6.45) is 6.25. The number of hydrogen-bond donors (Lipinski definition) is 2. The Labute approximate surface area is 109 Å². The minimum Gasteiger partial charge on any atom is -0.381 e. The van der Waals surface area contributed by atoms with Crippen LogP contribution in [0.1, 0.15) is 26.7 Å². The Morgan fingerprint density at radius 1 is 1.41 bits per heavy atom. The van der Waals surface area contributed by atoms with Gasteiger partial charge in [-0.05, 0) is 25.2 Å². The van der Waals surface area contributed by atoms with E-state index in [1.807, 2.05) is 24.0 Å². The van der Waals surface area contributed by atoms with Crippen molar-refractivity contribution >= 4 is 23.3 Å². The fraction of sp³-hybridized carbons (Fsp3) is 0.615. The second kappa shape index (κ2) is 8.23. The number of thioether (sulfide) groups is 1. The van der Waals surface area contributed by atoms with Gasteiger partial charge in [0.25, 0.3) is 0 Å². The lowest BCUT2D eigenvalue weighted by Crippen LogP contribution is -2.21. The summed E-state index contributed by atoms with van der Waals surface area (Å²) in [4.78, 5) is 4.30. The Hall–Kier alpha value is -0.900. The maximum atomic E-state index is 4.30. The number of anilines is 2. The standard InChI is InChI=1S/C13H23N3S/c1-4-7-14-13-9-12(6-8-15-13)16-11(5-2)10-17-3/h6,8-9,11H,4-5,7,10H2,1-3H3,(H2,14,15,16). The quantitative estimate of drug-likeness (QED) is 0.744. The predicted molar refractivity (Wildman–Crippen MR) is 79.1 cm³/mol. The molecule has 0 bridgehead atoms. The Morgan fingerprint density at radius 2 is 2.24 bits per heavy atom. The molecule has 0 saturated heterocycles. The van der Waals surface area contributed by atoms with Gasteiger partial charge in [0.05, 0.1) is 0 Å². The average molecular weight is 253 g/mol. The van der Waals surface area contributed by atoms with E-state index in [9.17, 15) is 0 Å². The van der Waals surface area contributed by atoms with Crippen molar-refractivity contribution in [2.45, 2.75) is 32.7 Å². The number of rotatable bonds is 8. The van der Waals surface area contributed by atoms with Crippen molar-refractivity contribution in [3.63, 3.8) is 0 Å².